The molecule has 19 nitrogen and oxygen atoms in total. The third-order valence-electron chi connectivity index (χ3n) is 20.0. The van der Waals surface area contributed by atoms with Gasteiger partial charge in [0.15, 0.2) is 18.9 Å². The van der Waals surface area contributed by atoms with E-state index < -0.39 is 124 Å². The van der Waals surface area contributed by atoms with Crippen molar-refractivity contribution in [1.29, 1.82) is 0 Å². The maximum atomic E-state index is 13.5. The highest BCUT2D eigenvalue weighted by atomic mass is 16.8. The molecule has 0 aromatic carbocycles. The van der Waals surface area contributed by atoms with E-state index in [1.165, 1.54) is 109 Å². The lowest BCUT2D eigenvalue weighted by Crippen LogP contribution is -2.66. The number of aliphatic hydroxyl groups excluding tert-OH is 11. The fraction of sp³-hybridized carbons (Fsp3) is 0.739. The molecule has 0 aromatic heterocycles. The summed E-state index contributed by atoms with van der Waals surface area (Å²) in [5.74, 6) is -0.257. The lowest BCUT2D eigenvalue weighted by atomic mass is 9.96. The van der Waals surface area contributed by atoms with Gasteiger partial charge in [0.1, 0.15) is 73.2 Å². The maximum absolute atomic E-state index is 13.5. The molecule has 0 aromatic rings. The van der Waals surface area contributed by atoms with E-state index in [1.807, 2.05) is 0 Å². The van der Waals surface area contributed by atoms with Gasteiger partial charge in [-0.1, -0.05) is 314 Å². The Morgan fingerprint density at radius 2 is 0.645 bits per heavy atom. The van der Waals surface area contributed by atoms with E-state index in [1.54, 1.807) is 0 Å². The van der Waals surface area contributed by atoms with Gasteiger partial charge in [0, 0.05) is 6.42 Å². The van der Waals surface area contributed by atoms with Crippen molar-refractivity contribution in [2.24, 2.45) is 0 Å². The summed E-state index contributed by atoms with van der Waals surface area (Å²) in [5, 5.41) is 121. The third kappa shape index (κ3) is 45.9. The normalized spacial score (nSPS) is 26.2. The minimum absolute atomic E-state index is 0.246. The predicted molar refractivity (Wildman–Crippen MR) is 429 cm³/mol. The van der Waals surface area contributed by atoms with Crippen LogP contribution in [0.5, 0.6) is 0 Å². The van der Waals surface area contributed by atoms with Crippen LogP contribution in [-0.2, 0) is 33.2 Å². The summed E-state index contributed by atoms with van der Waals surface area (Å²) >= 11 is 0. The van der Waals surface area contributed by atoms with Crippen molar-refractivity contribution in [3.63, 3.8) is 0 Å². The zero-order chi connectivity index (χ0) is 77.4. The average Bonchev–Trinajstić information content (AvgIpc) is 0.782. The van der Waals surface area contributed by atoms with Gasteiger partial charge in [0.25, 0.3) is 0 Å². The lowest BCUT2D eigenvalue weighted by molar-refractivity contribution is -0.379. The number of carbonyl (C=O) groups is 1. The number of hydrogen-bond donors (Lipinski definition) is 12. The van der Waals surface area contributed by atoms with Crippen LogP contribution >= 0.6 is 0 Å². The van der Waals surface area contributed by atoms with Crippen molar-refractivity contribution in [2.45, 2.75) is 388 Å². The first-order valence-electron chi connectivity index (χ1n) is 41.9. The Labute approximate surface area is 645 Å². The highest BCUT2D eigenvalue weighted by Crippen LogP contribution is 2.33. The SMILES string of the molecule is CC/C=C\C/C=C\C/C=C\C/C=C\C/C=C\C/C=C\C/C=C\C/C=C\C/C=C\C/C=C\C/C=C\CCCCCCCCCC(=O)NC(COC1OC(CO)C(OC2OC(CO)C(OC3OC(CO)C(O)C(O)C3O)C(O)C2O)C(O)C1O)C(O)CCCCCCCCCCCCCCCCCCCCCCC. The second-order valence-corrected chi connectivity index (χ2v) is 29.2. The summed E-state index contributed by atoms with van der Waals surface area (Å²) in [4.78, 5) is 13.5. The van der Waals surface area contributed by atoms with Crippen LogP contribution < -0.4 is 5.32 Å². The molecule has 0 radical (unpaired) electrons. The Balaban J connectivity index is 1.34. The number of ether oxygens (including phenoxy) is 6. The van der Waals surface area contributed by atoms with E-state index in [4.69, 9.17) is 28.4 Å². The number of amides is 1. The van der Waals surface area contributed by atoms with Crippen LogP contribution in [0.2, 0.25) is 0 Å². The first kappa shape index (κ1) is 97.1. The average molecular weight is 1510 g/mol. The van der Waals surface area contributed by atoms with Crippen molar-refractivity contribution < 1.29 is 89.4 Å². The first-order chi connectivity index (χ1) is 52.3. The number of aliphatic hydroxyl groups is 11. The third-order valence-corrected chi connectivity index (χ3v) is 20.0. The zero-order valence-corrected chi connectivity index (χ0v) is 65.8. The van der Waals surface area contributed by atoms with Gasteiger partial charge >= 0.3 is 0 Å². The van der Waals surface area contributed by atoms with Gasteiger partial charge in [-0.15, -0.1) is 0 Å². The molecular formula is C88H149NO18. The van der Waals surface area contributed by atoms with E-state index in [-0.39, 0.29) is 18.9 Å². The van der Waals surface area contributed by atoms with E-state index in [0.717, 1.165) is 141 Å². The lowest BCUT2D eigenvalue weighted by Gasteiger charge is -2.48. The monoisotopic (exact) mass is 1510 g/mol. The van der Waals surface area contributed by atoms with Crippen molar-refractivity contribution >= 4 is 5.91 Å². The molecule has 3 fully saturated rings. The molecule has 19 heteroatoms. The summed E-state index contributed by atoms with van der Waals surface area (Å²) in [7, 11) is 0. The summed E-state index contributed by atoms with van der Waals surface area (Å²) in [6.45, 7) is 1.69. The minimum atomic E-state index is -1.98. The van der Waals surface area contributed by atoms with E-state index in [2.05, 4.69) is 153 Å². The predicted octanol–water partition coefficient (Wildman–Crippen LogP) is 14.8. The Bertz CT molecular complexity index is 2450. The molecule has 17 unspecified atom stereocenters. The molecule has 614 valence electrons. The first-order valence-corrected chi connectivity index (χ1v) is 41.9. The zero-order valence-electron chi connectivity index (χ0n) is 65.8. The molecular weight excluding hydrogens is 1360 g/mol. The smallest absolute Gasteiger partial charge is 0.220 e. The molecule has 3 aliphatic heterocycles. The van der Waals surface area contributed by atoms with Crippen LogP contribution in [0.1, 0.15) is 284 Å². The number of unbranched alkanes of at least 4 members (excludes halogenated alkanes) is 27. The molecule has 0 bridgehead atoms. The van der Waals surface area contributed by atoms with Crippen LogP contribution in [0.25, 0.3) is 0 Å². The molecule has 0 aliphatic carbocycles. The van der Waals surface area contributed by atoms with Crippen molar-refractivity contribution in [3.8, 4) is 0 Å². The molecule has 0 saturated carbocycles. The van der Waals surface area contributed by atoms with E-state index in [9.17, 15) is 61.0 Å². The second-order valence-electron chi connectivity index (χ2n) is 29.2. The molecule has 3 aliphatic rings. The van der Waals surface area contributed by atoms with Gasteiger partial charge < -0.3 is 89.9 Å². The molecule has 1 amide bonds. The van der Waals surface area contributed by atoms with Crippen molar-refractivity contribution in [3.05, 3.63) is 134 Å². The Kier molecular flexibility index (Phi) is 60.4. The second kappa shape index (κ2) is 66.5. The molecule has 3 saturated heterocycles. The number of nitrogens with one attached hydrogen (secondary N) is 1. The Morgan fingerprint density at radius 3 is 1.01 bits per heavy atom. The van der Waals surface area contributed by atoms with Gasteiger partial charge in [-0.05, 0) is 96.3 Å². The van der Waals surface area contributed by atoms with Gasteiger partial charge in [-0.3, -0.25) is 4.79 Å². The Morgan fingerprint density at radius 1 is 0.346 bits per heavy atom. The van der Waals surface area contributed by atoms with Crippen LogP contribution in [0.3, 0.4) is 0 Å². The topological polar surface area (TPSA) is 307 Å². The highest BCUT2D eigenvalue weighted by Gasteiger charge is 2.54. The van der Waals surface area contributed by atoms with Crippen LogP contribution in [0.4, 0.5) is 0 Å². The van der Waals surface area contributed by atoms with E-state index >= 15 is 0 Å². The molecule has 3 rings (SSSR count). The largest absolute Gasteiger partial charge is 0.394 e. The van der Waals surface area contributed by atoms with Crippen LogP contribution in [-0.4, -0.2) is 193 Å². The number of allylic oxidation sites excluding steroid dienone is 22. The molecule has 107 heavy (non-hydrogen) atoms. The molecule has 3 heterocycles. The maximum Gasteiger partial charge on any atom is 0.220 e. The number of carbonyl (C=O) groups excluding carboxylic acids is 1. The molecule has 0 spiro atoms. The van der Waals surface area contributed by atoms with Gasteiger partial charge in [0.2, 0.25) is 5.91 Å². The summed E-state index contributed by atoms with van der Waals surface area (Å²) < 4.78 is 34.5. The summed E-state index contributed by atoms with van der Waals surface area (Å²) in [6.07, 6.45) is 68.2. The fourth-order valence-corrected chi connectivity index (χ4v) is 13.3. The van der Waals surface area contributed by atoms with Crippen LogP contribution in [0, 0.1) is 0 Å². The molecule has 12 N–H and O–H groups in total. The molecule has 17 atom stereocenters. The Hall–Kier alpha value is -4.07. The van der Waals surface area contributed by atoms with Gasteiger partial charge in [0.05, 0.1) is 38.6 Å². The van der Waals surface area contributed by atoms with E-state index in [0.29, 0.717) is 12.8 Å². The highest BCUT2D eigenvalue weighted by molar-refractivity contribution is 5.76. The quantitative estimate of drug-likeness (QED) is 0.0199. The van der Waals surface area contributed by atoms with Crippen molar-refractivity contribution in [2.75, 3.05) is 26.4 Å². The van der Waals surface area contributed by atoms with Crippen LogP contribution in [0.15, 0.2) is 134 Å². The van der Waals surface area contributed by atoms with Gasteiger partial charge in [-0.2, -0.15) is 0 Å². The van der Waals surface area contributed by atoms with Crippen molar-refractivity contribution in [1.82, 2.24) is 5.32 Å². The summed E-state index contributed by atoms with van der Waals surface area (Å²) in [6, 6.07) is -0.904. The fourth-order valence-electron chi connectivity index (χ4n) is 13.3. The number of rotatable bonds is 65. The van der Waals surface area contributed by atoms with Gasteiger partial charge in [-0.25, -0.2) is 0 Å². The standard InChI is InChI=1S/C88H149NO18/c1-3-5-7-9-11-13-15-17-19-21-23-25-26-27-28-29-30-31-32-33-34-35-36-37-38-39-40-41-42-43-44-46-48-50-52-54-56-58-60-62-64-66-76(94)89-71(72(93)65-63-61-59-57-55-53-51-49-47-45-24-22-20-18-16-14-12-10-8-6-4-2)70-102-86-82(100)79(97)84(74(68-91)104-86)107-88-83(101)80(98)85(75(69-92)105-88)106-87-81(99)78(96)77(95)73(67-90)103-87/h5,7,11,13,17,19,23,25,27-28,30-31,33-34,36-37,39-40,42-43,46,48,71-75,77-88,90-93,95-101H,3-4,6,8-10,12,14-16,18,20-22,24,26,29,32,35,38,41,44-45,47,49-70H2,1-2H3,(H,89,94)/b7-5-,13-11-,19-17-,25-23-,28-27-,31-30-,34-33-,37-36-,40-39-,43-42-,48-46-. The number of hydrogen-bond acceptors (Lipinski definition) is 18. The minimum Gasteiger partial charge on any atom is -0.394 e. The summed E-state index contributed by atoms with van der Waals surface area (Å²) in [5.41, 5.74) is 0.